The summed E-state index contributed by atoms with van der Waals surface area (Å²) in [5.41, 5.74) is 6.86. The number of amides is 1. The first kappa shape index (κ1) is 12.2. The van der Waals surface area contributed by atoms with E-state index in [0.29, 0.717) is 16.0 Å². The average Bonchev–Trinajstić information content (AvgIpc) is 3.03. The normalized spacial score (nSPS) is 16.6. The van der Waals surface area contributed by atoms with Gasteiger partial charge in [-0.25, -0.2) is 0 Å². The standard InChI is InChI=1S/C12H19N3OS/c1-3-12(4-5-12)7-15-9-6-8(13)10(17-9)11(16)14-2/h6,15H,3-5,7,13H2,1-2H3,(H,14,16). The highest BCUT2D eigenvalue weighted by atomic mass is 32.1. The lowest BCUT2D eigenvalue weighted by molar-refractivity contribution is 0.0968. The Kier molecular flexibility index (Phi) is 3.28. The molecule has 2 rings (SSSR count). The molecule has 0 radical (unpaired) electrons. The van der Waals surface area contributed by atoms with Crippen molar-refractivity contribution in [3.63, 3.8) is 0 Å². The van der Waals surface area contributed by atoms with Crippen LogP contribution in [0.15, 0.2) is 6.07 Å². The van der Waals surface area contributed by atoms with Crippen LogP contribution < -0.4 is 16.4 Å². The van der Waals surface area contributed by atoms with Crippen molar-refractivity contribution >= 4 is 27.9 Å². The summed E-state index contributed by atoms with van der Waals surface area (Å²) in [5, 5.41) is 6.98. The lowest BCUT2D eigenvalue weighted by Crippen LogP contribution is -2.17. The van der Waals surface area contributed by atoms with E-state index in [1.807, 2.05) is 6.07 Å². The van der Waals surface area contributed by atoms with Crippen molar-refractivity contribution in [2.45, 2.75) is 26.2 Å². The fourth-order valence-electron chi connectivity index (χ4n) is 1.89. The maximum atomic E-state index is 11.5. The van der Waals surface area contributed by atoms with Gasteiger partial charge in [0, 0.05) is 13.6 Å². The van der Waals surface area contributed by atoms with E-state index in [2.05, 4.69) is 17.6 Å². The maximum absolute atomic E-state index is 11.5. The largest absolute Gasteiger partial charge is 0.397 e. The molecule has 0 aromatic carbocycles. The van der Waals surface area contributed by atoms with Crippen LogP contribution in [0.25, 0.3) is 0 Å². The molecule has 0 unspecified atom stereocenters. The van der Waals surface area contributed by atoms with Crippen molar-refractivity contribution < 1.29 is 4.79 Å². The van der Waals surface area contributed by atoms with Gasteiger partial charge >= 0.3 is 0 Å². The fourth-order valence-corrected chi connectivity index (χ4v) is 2.81. The quantitative estimate of drug-likeness (QED) is 0.754. The van der Waals surface area contributed by atoms with E-state index >= 15 is 0 Å². The second-order valence-electron chi connectivity index (χ2n) is 4.68. The minimum atomic E-state index is -0.114. The van der Waals surface area contributed by atoms with Crippen LogP contribution in [0.1, 0.15) is 35.9 Å². The Labute approximate surface area is 106 Å². The van der Waals surface area contributed by atoms with Crippen LogP contribution >= 0.6 is 11.3 Å². The number of hydrogen-bond donors (Lipinski definition) is 3. The summed E-state index contributed by atoms with van der Waals surface area (Å²) in [5.74, 6) is -0.114. The monoisotopic (exact) mass is 253 g/mol. The number of hydrogen-bond acceptors (Lipinski definition) is 4. The molecule has 0 atom stereocenters. The molecule has 0 aliphatic heterocycles. The fraction of sp³-hybridized carbons (Fsp3) is 0.583. The molecule has 5 heteroatoms. The summed E-state index contributed by atoms with van der Waals surface area (Å²) in [4.78, 5) is 12.1. The second kappa shape index (κ2) is 4.56. The number of nitrogens with one attached hydrogen (secondary N) is 2. The molecule has 1 aromatic heterocycles. The van der Waals surface area contributed by atoms with Crippen molar-refractivity contribution in [2.75, 3.05) is 24.6 Å². The van der Waals surface area contributed by atoms with Gasteiger partial charge in [0.05, 0.1) is 10.7 Å². The predicted octanol–water partition coefficient (Wildman–Crippen LogP) is 2.29. The number of nitrogen functional groups attached to an aromatic ring is 1. The molecule has 4 N–H and O–H groups in total. The SMILES string of the molecule is CCC1(CNc2cc(N)c(C(=O)NC)s2)CC1. The van der Waals surface area contributed by atoms with Gasteiger partial charge in [-0.05, 0) is 30.7 Å². The first-order chi connectivity index (χ1) is 8.10. The van der Waals surface area contributed by atoms with Gasteiger partial charge in [-0.2, -0.15) is 0 Å². The van der Waals surface area contributed by atoms with Crippen LogP contribution in [0, 0.1) is 5.41 Å². The number of nitrogens with two attached hydrogens (primary N) is 1. The molecule has 1 fully saturated rings. The van der Waals surface area contributed by atoms with Crippen molar-refractivity contribution in [1.29, 1.82) is 0 Å². The van der Waals surface area contributed by atoms with Crippen LogP contribution in [0.3, 0.4) is 0 Å². The Balaban J connectivity index is 2.00. The molecular formula is C12H19N3OS. The number of thiophene rings is 1. The van der Waals surface area contributed by atoms with E-state index in [9.17, 15) is 4.79 Å². The van der Waals surface area contributed by atoms with E-state index in [1.54, 1.807) is 7.05 Å². The lowest BCUT2D eigenvalue weighted by Gasteiger charge is -2.12. The zero-order chi connectivity index (χ0) is 12.5. The summed E-state index contributed by atoms with van der Waals surface area (Å²) in [7, 11) is 1.62. The first-order valence-corrected chi connectivity index (χ1v) is 6.77. The predicted molar refractivity (Wildman–Crippen MR) is 72.6 cm³/mol. The number of carbonyl (C=O) groups is 1. The molecule has 1 aliphatic carbocycles. The molecule has 17 heavy (non-hydrogen) atoms. The Morgan fingerprint density at radius 2 is 2.29 bits per heavy atom. The van der Waals surface area contributed by atoms with Gasteiger partial charge in [0.1, 0.15) is 4.88 Å². The molecule has 0 bridgehead atoms. The molecule has 1 aromatic rings. The van der Waals surface area contributed by atoms with E-state index in [0.717, 1.165) is 11.5 Å². The topological polar surface area (TPSA) is 67.1 Å². The van der Waals surface area contributed by atoms with Crippen LogP contribution in [-0.4, -0.2) is 19.5 Å². The molecule has 1 heterocycles. The molecule has 1 saturated carbocycles. The molecule has 0 spiro atoms. The van der Waals surface area contributed by atoms with E-state index in [4.69, 9.17) is 5.73 Å². The number of anilines is 2. The third kappa shape index (κ3) is 2.54. The number of carbonyl (C=O) groups excluding carboxylic acids is 1. The van der Waals surface area contributed by atoms with Crippen LogP contribution in [0.2, 0.25) is 0 Å². The van der Waals surface area contributed by atoms with Crippen LogP contribution in [0.5, 0.6) is 0 Å². The minimum Gasteiger partial charge on any atom is -0.397 e. The molecule has 4 nitrogen and oxygen atoms in total. The zero-order valence-corrected chi connectivity index (χ0v) is 11.1. The van der Waals surface area contributed by atoms with Crippen molar-refractivity contribution in [3.05, 3.63) is 10.9 Å². The lowest BCUT2D eigenvalue weighted by atomic mass is 10.0. The molecular weight excluding hydrogens is 234 g/mol. The van der Waals surface area contributed by atoms with Crippen LogP contribution in [0.4, 0.5) is 10.7 Å². The van der Waals surface area contributed by atoms with Gasteiger partial charge in [-0.15, -0.1) is 11.3 Å². The van der Waals surface area contributed by atoms with Crippen molar-refractivity contribution in [1.82, 2.24) is 5.32 Å². The van der Waals surface area contributed by atoms with Gasteiger partial charge in [0.15, 0.2) is 0 Å². The summed E-state index contributed by atoms with van der Waals surface area (Å²) in [6.45, 7) is 3.21. The van der Waals surface area contributed by atoms with E-state index < -0.39 is 0 Å². The minimum absolute atomic E-state index is 0.114. The van der Waals surface area contributed by atoms with Gasteiger partial charge in [-0.1, -0.05) is 6.92 Å². The Bertz CT molecular complexity index is 423. The van der Waals surface area contributed by atoms with E-state index in [1.165, 1.54) is 30.6 Å². The highest BCUT2D eigenvalue weighted by molar-refractivity contribution is 7.18. The molecule has 1 aliphatic rings. The van der Waals surface area contributed by atoms with Gasteiger partial charge in [-0.3, -0.25) is 4.79 Å². The smallest absolute Gasteiger partial charge is 0.263 e. The highest BCUT2D eigenvalue weighted by Crippen LogP contribution is 2.48. The summed E-state index contributed by atoms with van der Waals surface area (Å²) < 4.78 is 0. The summed E-state index contributed by atoms with van der Waals surface area (Å²) >= 11 is 1.42. The Morgan fingerprint density at radius 1 is 1.59 bits per heavy atom. The van der Waals surface area contributed by atoms with Gasteiger partial charge in [0.2, 0.25) is 0 Å². The second-order valence-corrected chi connectivity index (χ2v) is 5.73. The Hall–Kier alpha value is -1.23. The van der Waals surface area contributed by atoms with Gasteiger partial charge < -0.3 is 16.4 Å². The molecule has 1 amide bonds. The molecule has 94 valence electrons. The maximum Gasteiger partial charge on any atom is 0.263 e. The van der Waals surface area contributed by atoms with E-state index in [-0.39, 0.29) is 5.91 Å². The van der Waals surface area contributed by atoms with Crippen molar-refractivity contribution in [3.8, 4) is 0 Å². The summed E-state index contributed by atoms with van der Waals surface area (Å²) in [6.07, 6.45) is 3.82. The summed E-state index contributed by atoms with van der Waals surface area (Å²) in [6, 6.07) is 1.85. The third-order valence-corrected chi connectivity index (χ3v) is 4.65. The zero-order valence-electron chi connectivity index (χ0n) is 10.3. The Morgan fingerprint density at radius 3 is 2.82 bits per heavy atom. The highest BCUT2D eigenvalue weighted by Gasteiger charge is 2.40. The molecule has 0 saturated heterocycles. The first-order valence-electron chi connectivity index (χ1n) is 5.95. The average molecular weight is 253 g/mol. The van der Waals surface area contributed by atoms with Crippen LogP contribution in [-0.2, 0) is 0 Å². The third-order valence-electron chi connectivity index (χ3n) is 3.54. The van der Waals surface area contributed by atoms with Crippen molar-refractivity contribution in [2.24, 2.45) is 5.41 Å². The number of rotatable bonds is 5. The van der Waals surface area contributed by atoms with Gasteiger partial charge in [0.25, 0.3) is 5.91 Å².